The molecule has 0 spiro atoms. The van der Waals surface area contributed by atoms with E-state index in [0.29, 0.717) is 0 Å². The molecule has 2 aromatic carbocycles. The highest BCUT2D eigenvalue weighted by atomic mass is 127. The summed E-state index contributed by atoms with van der Waals surface area (Å²) in [6.45, 7) is 2.10. The van der Waals surface area contributed by atoms with Crippen molar-refractivity contribution in [3.05, 3.63) is 68.8 Å². The molecule has 0 aromatic heterocycles. The number of hydrogen-bond acceptors (Lipinski definition) is 1. The fraction of sp³-hybridized carbons (Fsp3) is 0.200. The Morgan fingerprint density at radius 2 is 1.59 bits per heavy atom. The summed E-state index contributed by atoms with van der Waals surface area (Å²) in [6, 6.07) is 17.1. The van der Waals surface area contributed by atoms with Crippen LogP contribution < -0.4 is 5.73 Å². The number of halogens is 1. The third-order valence-corrected chi connectivity index (χ3v) is 3.59. The first kappa shape index (κ1) is 12.6. The van der Waals surface area contributed by atoms with Crippen molar-refractivity contribution in [3.63, 3.8) is 0 Å². The lowest BCUT2D eigenvalue weighted by Gasteiger charge is -2.12. The minimum atomic E-state index is 0.0784. The summed E-state index contributed by atoms with van der Waals surface area (Å²) in [4.78, 5) is 0. The topological polar surface area (TPSA) is 26.0 Å². The van der Waals surface area contributed by atoms with Crippen molar-refractivity contribution < 1.29 is 0 Å². The van der Waals surface area contributed by atoms with E-state index in [2.05, 4.69) is 78.0 Å². The molecule has 1 unspecified atom stereocenters. The molecular weight excluding hydrogens is 321 g/mol. The van der Waals surface area contributed by atoms with Crippen molar-refractivity contribution in [2.75, 3.05) is 0 Å². The SMILES string of the molecule is Cc1ccc(CC(N)c2ccc(I)cc2)cc1. The lowest BCUT2D eigenvalue weighted by Crippen LogP contribution is -2.13. The largest absolute Gasteiger partial charge is 0.324 e. The zero-order valence-electron chi connectivity index (χ0n) is 9.86. The molecule has 0 aliphatic rings. The van der Waals surface area contributed by atoms with Crippen molar-refractivity contribution in [1.82, 2.24) is 0 Å². The van der Waals surface area contributed by atoms with Gasteiger partial charge < -0.3 is 5.73 Å². The molecule has 0 bridgehead atoms. The summed E-state index contributed by atoms with van der Waals surface area (Å²) in [7, 11) is 0. The molecule has 0 saturated heterocycles. The zero-order valence-corrected chi connectivity index (χ0v) is 12.0. The van der Waals surface area contributed by atoms with Crippen LogP contribution in [0.2, 0.25) is 0 Å². The molecule has 17 heavy (non-hydrogen) atoms. The van der Waals surface area contributed by atoms with Gasteiger partial charge in [-0.1, -0.05) is 42.0 Å². The van der Waals surface area contributed by atoms with Crippen molar-refractivity contribution in [2.24, 2.45) is 5.73 Å². The maximum Gasteiger partial charge on any atom is 0.0335 e. The summed E-state index contributed by atoms with van der Waals surface area (Å²) >= 11 is 2.31. The molecule has 0 amide bonds. The van der Waals surface area contributed by atoms with E-state index in [-0.39, 0.29) is 6.04 Å². The molecule has 2 rings (SSSR count). The number of benzene rings is 2. The summed E-state index contributed by atoms with van der Waals surface area (Å²) in [5.41, 5.74) is 9.99. The van der Waals surface area contributed by atoms with E-state index in [9.17, 15) is 0 Å². The summed E-state index contributed by atoms with van der Waals surface area (Å²) in [6.07, 6.45) is 0.890. The zero-order chi connectivity index (χ0) is 12.3. The standard InChI is InChI=1S/C15H16IN/c1-11-2-4-12(5-3-11)10-15(17)13-6-8-14(16)9-7-13/h2-9,15H,10,17H2,1H3. The highest BCUT2D eigenvalue weighted by Gasteiger charge is 2.06. The van der Waals surface area contributed by atoms with Crippen LogP contribution in [0.3, 0.4) is 0 Å². The lowest BCUT2D eigenvalue weighted by molar-refractivity contribution is 0.721. The van der Waals surface area contributed by atoms with Crippen molar-refractivity contribution in [1.29, 1.82) is 0 Å². The highest BCUT2D eigenvalue weighted by molar-refractivity contribution is 14.1. The Hall–Kier alpha value is -0.870. The van der Waals surface area contributed by atoms with Gasteiger partial charge in [-0.3, -0.25) is 0 Å². The van der Waals surface area contributed by atoms with Crippen LogP contribution in [0.25, 0.3) is 0 Å². The normalized spacial score (nSPS) is 12.4. The smallest absolute Gasteiger partial charge is 0.0335 e. The Morgan fingerprint density at radius 1 is 1.00 bits per heavy atom. The first-order valence-electron chi connectivity index (χ1n) is 5.72. The Kier molecular flexibility index (Phi) is 4.18. The van der Waals surface area contributed by atoms with Crippen LogP contribution in [0, 0.1) is 10.5 Å². The molecule has 0 aliphatic heterocycles. The van der Waals surface area contributed by atoms with Crippen LogP contribution in [0.5, 0.6) is 0 Å². The molecule has 0 aliphatic carbocycles. The first-order valence-corrected chi connectivity index (χ1v) is 6.79. The molecule has 0 heterocycles. The van der Waals surface area contributed by atoms with Gasteiger partial charge in [0.1, 0.15) is 0 Å². The Labute approximate surface area is 116 Å². The predicted octanol–water partition coefficient (Wildman–Crippen LogP) is 3.84. The van der Waals surface area contributed by atoms with Crippen LogP contribution in [-0.2, 0) is 6.42 Å². The van der Waals surface area contributed by atoms with Crippen LogP contribution in [-0.4, -0.2) is 0 Å². The predicted molar refractivity (Wildman–Crippen MR) is 81.0 cm³/mol. The lowest BCUT2D eigenvalue weighted by atomic mass is 9.99. The van der Waals surface area contributed by atoms with Crippen molar-refractivity contribution >= 4 is 22.6 Å². The molecule has 88 valence electrons. The average molecular weight is 337 g/mol. The van der Waals surface area contributed by atoms with E-state index in [1.807, 2.05) is 0 Å². The number of aryl methyl sites for hydroxylation is 1. The van der Waals surface area contributed by atoms with Gasteiger partial charge in [-0.15, -0.1) is 0 Å². The minimum Gasteiger partial charge on any atom is -0.324 e. The molecule has 0 saturated carbocycles. The molecule has 2 aromatic rings. The third-order valence-electron chi connectivity index (χ3n) is 2.87. The fourth-order valence-electron chi connectivity index (χ4n) is 1.81. The van der Waals surface area contributed by atoms with Gasteiger partial charge in [0, 0.05) is 9.61 Å². The van der Waals surface area contributed by atoms with Gasteiger partial charge in [0.2, 0.25) is 0 Å². The quantitative estimate of drug-likeness (QED) is 0.846. The monoisotopic (exact) mass is 337 g/mol. The van der Waals surface area contributed by atoms with Crippen LogP contribution in [0.1, 0.15) is 22.7 Å². The second kappa shape index (κ2) is 5.65. The van der Waals surface area contributed by atoms with Crippen LogP contribution in [0.4, 0.5) is 0 Å². The Morgan fingerprint density at radius 3 is 2.18 bits per heavy atom. The molecule has 0 fully saturated rings. The van der Waals surface area contributed by atoms with E-state index >= 15 is 0 Å². The molecule has 0 radical (unpaired) electrons. The average Bonchev–Trinajstić information content (AvgIpc) is 2.33. The van der Waals surface area contributed by atoms with Gasteiger partial charge in [-0.2, -0.15) is 0 Å². The fourth-order valence-corrected chi connectivity index (χ4v) is 2.17. The van der Waals surface area contributed by atoms with Crippen LogP contribution >= 0.6 is 22.6 Å². The number of rotatable bonds is 3. The van der Waals surface area contributed by atoms with E-state index in [1.54, 1.807) is 0 Å². The van der Waals surface area contributed by atoms with E-state index < -0.39 is 0 Å². The van der Waals surface area contributed by atoms with Crippen molar-refractivity contribution in [2.45, 2.75) is 19.4 Å². The third kappa shape index (κ3) is 3.54. The summed E-state index contributed by atoms with van der Waals surface area (Å²) in [5.74, 6) is 0. The molecule has 2 N–H and O–H groups in total. The molecule has 1 nitrogen and oxygen atoms in total. The van der Waals surface area contributed by atoms with Gasteiger partial charge in [-0.05, 0) is 59.2 Å². The number of hydrogen-bond donors (Lipinski definition) is 1. The summed E-state index contributed by atoms with van der Waals surface area (Å²) < 4.78 is 1.24. The Bertz CT molecular complexity index is 473. The minimum absolute atomic E-state index is 0.0784. The second-order valence-electron chi connectivity index (χ2n) is 4.35. The van der Waals surface area contributed by atoms with E-state index in [4.69, 9.17) is 5.73 Å². The van der Waals surface area contributed by atoms with E-state index in [1.165, 1.54) is 20.3 Å². The first-order chi connectivity index (χ1) is 8.15. The molecular formula is C15H16IN. The van der Waals surface area contributed by atoms with Gasteiger partial charge >= 0.3 is 0 Å². The number of nitrogens with two attached hydrogens (primary N) is 1. The van der Waals surface area contributed by atoms with Gasteiger partial charge in [-0.25, -0.2) is 0 Å². The molecule has 1 atom stereocenters. The molecule has 2 heteroatoms. The summed E-state index contributed by atoms with van der Waals surface area (Å²) in [5, 5.41) is 0. The van der Waals surface area contributed by atoms with Gasteiger partial charge in [0.15, 0.2) is 0 Å². The maximum absolute atomic E-state index is 6.21. The highest BCUT2D eigenvalue weighted by Crippen LogP contribution is 2.17. The van der Waals surface area contributed by atoms with Crippen LogP contribution in [0.15, 0.2) is 48.5 Å². The second-order valence-corrected chi connectivity index (χ2v) is 5.59. The van der Waals surface area contributed by atoms with Gasteiger partial charge in [0.05, 0.1) is 0 Å². The van der Waals surface area contributed by atoms with Gasteiger partial charge in [0.25, 0.3) is 0 Å². The maximum atomic E-state index is 6.21. The van der Waals surface area contributed by atoms with Crippen molar-refractivity contribution in [3.8, 4) is 0 Å². The Balaban J connectivity index is 2.08. The van der Waals surface area contributed by atoms with E-state index in [0.717, 1.165) is 6.42 Å².